The lowest BCUT2D eigenvalue weighted by atomic mass is 10.1. The number of carbonyl (C=O) groups excluding carboxylic acids is 2. The van der Waals surface area contributed by atoms with Gasteiger partial charge in [-0.15, -0.1) is 0 Å². The number of nitrogens with zero attached hydrogens (tertiary/aromatic N) is 3. The van der Waals surface area contributed by atoms with Crippen LogP contribution in [0.5, 0.6) is 5.75 Å². The van der Waals surface area contributed by atoms with Crippen molar-refractivity contribution in [2.24, 2.45) is 5.10 Å². The van der Waals surface area contributed by atoms with Crippen molar-refractivity contribution in [3.8, 4) is 5.75 Å². The van der Waals surface area contributed by atoms with Crippen LogP contribution in [0.25, 0.3) is 10.8 Å². The SMILES string of the molecule is CS(=O)(=O)N(CC(=O)N/N=C\c1ccc(OCC(=O)N2CCOCC2)cc1)c1cccc2ccccc12. The second kappa shape index (κ2) is 11.8. The number of carbonyl (C=O) groups is 2. The van der Waals surface area contributed by atoms with E-state index in [1.165, 1.54) is 6.21 Å². The van der Waals surface area contributed by atoms with Crippen molar-refractivity contribution in [1.29, 1.82) is 0 Å². The summed E-state index contributed by atoms with van der Waals surface area (Å²) in [5.74, 6) is -0.152. The first-order chi connectivity index (χ1) is 17.8. The Kier molecular flexibility index (Phi) is 8.36. The average Bonchev–Trinajstić information content (AvgIpc) is 2.91. The van der Waals surface area contributed by atoms with Crippen LogP contribution < -0.4 is 14.5 Å². The number of amides is 2. The molecule has 0 aliphatic carbocycles. The number of ether oxygens (including phenoxy) is 2. The number of morpholine rings is 1. The fourth-order valence-electron chi connectivity index (χ4n) is 3.85. The fourth-order valence-corrected chi connectivity index (χ4v) is 4.72. The first kappa shape index (κ1) is 26.1. The number of nitrogens with one attached hydrogen (secondary N) is 1. The highest BCUT2D eigenvalue weighted by Crippen LogP contribution is 2.28. The van der Waals surface area contributed by atoms with E-state index >= 15 is 0 Å². The van der Waals surface area contributed by atoms with Crippen LogP contribution in [-0.2, 0) is 24.3 Å². The highest BCUT2D eigenvalue weighted by Gasteiger charge is 2.22. The molecule has 0 spiro atoms. The zero-order chi connectivity index (χ0) is 26.3. The molecule has 1 aliphatic rings. The van der Waals surface area contributed by atoms with E-state index in [9.17, 15) is 18.0 Å². The maximum atomic E-state index is 12.5. The third kappa shape index (κ3) is 7.05. The average molecular weight is 525 g/mol. The Morgan fingerprint density at radius 3 is 2.49 bits per heavy atom. The molecular formula is C26H28N4O6S. The lowest BCUT2D eigenvalue weighted by Gasteiger charge is -2.26. The molecule has 3 aromatic rings. The predicted molar refractivity (Wildman–Crippen MR) is 141 cm³/mol. The first-order valence-corrected chi connectivity index (χ1v) is 13.5. The Balaban J connectivity index is 1.33. The number of hydrogen-bond donors (Lipinski definition) is 1. The molecule has 0 unspecified atom stereocenters. The van der Waals surface area contributed by atoms with Gasteiger partial charge in [0.2, 0.25) is 10.0 Å². The van der Waals surface area contributed by atoms with Gasteiger partial charge in [-0.25, -0.2) is 13.8 Å². The molecule has 1 saturated heterocycles. The van der Waals surface area contributed by atoms with E-state index in [-0.39, 0.29) is 12.5 Å². The highest BCUT2D eigenvalue weighted by molar-refractivity contribution is 7.92. The Hall–Kier alpha value is -3.96. The predicted octanol–water partition coefficient (Wildman–Crippen LogP) is 1.99. The van der Waals surface area contributed by atoms with Gasteiger partial charge in [-0.3, -0.25) is 13.9 Å². The van der Waals surface area contributed by atoms with Gasteiger partial charge in [-0.05, 0) is 41.3 Å². The molecular weight excluding hydrogens is 496 g/mol. The van der Waals surface area contributed by atoms with Crippen LogP contribution >= 0.6 is 0 Å². The maximum absolute atomic E-state index is 12.5. The van der Waals surface area contributed by atoms with E-state index in [0.29, 0.717) is 43.3 Å². The van der Waals surface area contributed by atoms with Crippen LogP contribution in [0.4, 0.5) is 5.69 Å². The van der Waals surface area contributed by atoms with E-state index in [1.807, 2.05) is 30.3 Å². The minimum Gasteiger partial charge on any atom is -0.484 e. The smallest absolute Gasteiger partial charge is 0.260 e. The van der Waals surface area contributed by atoms with Crippen molar-refractivity contribution >= 4 is 44.5 Å². The van der Waals surface area contributed by atoms with E-state index in [0.717, 1.165) is 21.3 Å². The Morgan fingerprint density at radius 2 is 1.76 bits per heavy atom. The quantitative estimate of drug-likeness (QED) is 0.338. The topological polar surface area (TPSA) is 118 Å². The number of hydrazone groups is 1. The molecule has 0 aromatic heterocycles. The summed E-state index contributed by atoms with van der Waals surface area (Å²) >= 11 is 0. The molecule has 1 heterocycles. The number of hydrogen-bond acceptors (Lipinski definition) is 7. The molecule has 0 radical (unpaired) electrons. The van der Waals surface area contributed by atoms with E-state index in [2.05, 4.69) is 10.5 Å². The van der Waals surface area contributed by atoms with E-state index in [4.69, 9.17) is 9.47 Å². The third-order valence-electron chi connectivity index (χ3n) is 5.73. The van der Waals surface area contributed by atoms with Crippen molar-refractivity contribution in [2.75, 3.05) is 50.0 Å². The van der Waals surface area contributed by atoms with Crippen molar-refractivity contribution in [1.82, 2.24) is 10.3 Å². The minimum atomic E-state index is -3.73. The van der Waals surface area contributed by atoms with Crippen LogP contribution in [-0.4, -0.2) is 77.1 Å². The Morgan fingerprint density at radius 1 is 1.05 bits per heavy atom. The lowest BCUT2D eigenvalue weighted by Crippen LogP contribution is -2.42. The largest absolute Gasteiger partial charge is 0.484 e. The van der Waals surface area contributed by atoms with Crippen LogP contribution in [0.1, 0.15) is 5.56 Å². The van der Waals surface area contributed by atoms with Gasteiger partial charge in [0.1, 0.15) is 12.3 Å². The second-order valence-corrected chi connectivity index (χ2v) is 10.3. The summed E-state index contributed by atoms with van der Waals surface area (Å²) in [5, 5.41) is 5.53. The van der Waals surface area contributed by atoms with Crippen LogP contribution in [0.2, 0.25) is 0 Å². The Bertz CT molecular complexity index is 1380. The summed E-state index contributed by atoms with van der Waals surface area (Å²) in [6.45, 7) is 1.71. The van der Waals surface area contributed by atoms with Gasteiger partial charge in [0, 0.05) is 18.5 Å². The molecule has 4 rings (SSSR count). The zero-order valence-corrected chi connectivity index (χ0v) is 21.2. The van der Waals surface area contributed by atoms with Crippen molar-refractivity contribution < 1.29 is 27.5 Å². The summed E-state index contributed by atoms with van der Waals surface area (Å²) in [6, 6.07) is 19.5. The molecule has 11 heteroatoms. The summed E-state index contributed by atoms with van der Waals surface area (Å²) in [7, 11) is -3.73. The minimum absolute atomic E-state index is 0.0585. The first-order valence-electron chi connectivity index (χ1n) is 11.7. The molecule has 0 saturated carbocycles. The monoisotopic (exact) mass is 524 g/mol. The molecule has 10 nitrogen and oxygen atoms in total. The molecule has 194 valence electrons. The molecule has 1 aliphatic heterocycles. The van der Waals surface area contributed by atoms with Gasteiger partial charge in [-0.2, -0.15) is 5.10 Å². The number of fused-ring (bicyclic) bond motifs is 1. The normalized spacial score (nSPS) is 14.0. The lowest BCUT2D eigenvalue weighted by molar-refractivity contribution is -0.137. The highest BCUT2D eigenvalue weighted by atomic mass is 32.2. The van der Waals surface area contributed by atoms with Crippen LogP contribution in [0.3, 0.4) is 0 Å². The summed E-state index contributed by atoms with van der Waals surface area (Å²) in [5.41, 5.74) is 3.48. The number of anilines is 1. The number of sulfonamides is 1. The van der Waals surface area contributed by atoms with Crippen LogP contribution in [0.15, 0.2) is 71.8 Å². The molecule has 37 heavy (non-hydrogen) atoms. The second-order valence-electron chi connectivity index (χ2n) is 8.41. The number of benzene rings is 3. The maximum Gasteiger partial charge on any atom is 0.260 e. The van der Waals surface area contributed by atoms with Gasteiger partial charge < -0.3 is 14.4 Å². The fraction of sp³-hybridized carbons (Fsp3) is 0.269. The Labute approximate surface area is 215 Å². The zero-order valence-electron chi connectivity index (χ0n) is 20.4. The summed E-state index contributed by atoms with van der Waals surface area (Å²) in [6.07, 6.45) is 2.49. The van der Waals surface area contributed by atoms with Crippen LogP contribution in [0, 0.1) is 0 Å². The van der Waals surface area contributed by atoms with E-state index in [1.54, 1.807) is 41.3 Å². The van der Waals surface area contributed by atoms with Gasteiger partial charge in [0.15, 0.2) is 6.61 Å². The summed E-state index contributed by atoms with van der Waals surface area (Å²) in [4.78, 5) is 26.4. The molecule has 1 N–H and O–H groups in total. The molecule has 2 amide bonds. The molecule has 0 atom stereocenters. The van der Waals surface area contributed by atoms with Gasteiger partial charge in [-0.1, -0.05) is 36.4 Å². The van der Waals surface area contributed by atoms with Gasteiger partial charge >= 0.3 is 0 Å². The van der Waals surface area contributed by atoms with Crippen molar-refractivity contribution in [3.05, 3.63) is 72.3 Å². The van der Waals surface area contributed by atoms with Gasteiger partial charge in [0.05, 0.1) is 31.4 Å². The number of rotatable bonds is 9. The summed E-state index contributed by atoms with van der Waals surface area (Å²) < 4.78 is 36.8. The van der Waals surface area contributed by atoms with Crippen molar-refractivity contribution in [2.45, 2.75) is 0 Å². The van der Waals surface area contributed by atoms with Gasteiger partial charge in [0.25, 0.3) is 11.8 Å². The molecule has 0 bridgehead atoms. The molecule has 3 aromatic carbocycles. The standard InChI is InChI=1S/C26H28N4O6S/c1-37(33,34)30(24-8-4-6-21-5-2-3-7-23(21)24)18-25(31)28-27-17-20-9-11-22(12-10-20)36-19-26(32)29-13-15-35-16-14-29/h2-12,17H,13-16,18-19H2,1H3,(H,28,31)/b27-17-. The molecule has 1 fully saturated rings. The third-order valence-corrected chi connectivity index (χ3v) is 6.86. The van der Waals surface area contributed by atoms with Crippen molar-refractivity contribution in [3.63, 3.8) is 0 Å². The van der Waals surface area contributed by atoms with E-state index < -0.39 is 22.5 Å².